The Morgan fingerprint density at radius 2 is 2.10 bits per heavy atom. The molecule has 1 fully saturated rings. The van der Waals surface area contributed by atoms with E-state index in [2.05, 4.69) is 15.2 Å². The molecule has 0 saturated carbocycles. The maximum absolute atomic E-state index is 12.9. The van der Waals surface area contributed by atoms with Crippen LogP contribution in [0.2, 0.25) is 5.02 Å². The quantitative estimate of drug-likeness (QED) is 0.598. The topological polar surface area (TPSA) is 54.5 Å². The van der Waals surface area contributed by atoms with Crippen molar-refractivity contribution in [2.24, 2.45) is 0 Å². The number of benzene rings is 1. The third kappa shape index (κ3) is 4.70. The van der Waals surface area contributed by atoms with Crippen molar-refractivity contribution in [2.45, 2.75) is 13.0 Å². The van der Waals surface area contributed by atoms with E-state index >= 15 is 0 Å². The average molecular weight is 448 g/mol. The van der Waals surface area contributed by atoms with Gasteiger partial charge in [0.2, 0.25) is 0 Å². The van der Waals surface area contributed by atoms with Crippen LogP contribution in [0.1, 0.15) is 27.0 Å². The van der Waals surface area contributed by atoms with Crippen LogP contribution in [0.3, 0.4) is 0 Å². The van der Waals surface area contributed by atoms with E-state index in [9.17, 15) is 4.79 Å². The van der Waals surface area contributed by atoms with Crippen molar-refractivity contribution >= 4 is 40.2 Å². The number of hydrogen-bond acceptors (Lipinski definition) is 6. The molecule has 152 valence electrons. The summed E-state index contributed by atoms with van der Waals surface area (Å²) in [6, 6.07) is 9.86. The van der Waals surface area contributed by atoms with Crippen LogP contribution >= 0.6 is 34.3 Å². The predicted molar refractivity (Wildman–Crippen MR) is 119 cm³/mol. The molecule has 3 heterocycles. The minimum atomic E-state index is -0.0909. The number of halogens is 1. The number of hydrogen-bond donors (Lipinski definition) is 1. The van der Waals surface area contributed by atoms with Gasteiger partial charge in [0.15, 0.2) is 0 Å². The second kappa shape index (κ2) is 9.36. The molecule has 29 heavy (non-hydrogen) atoms. The summed E-state index contributed by atoms with van der Waals surface area (Å²) in [5.74, 6) is -0.0909. The SMILES string of the molecule is Cc1nc(-c2ccsc2)sc1C(=O)NCC(c1ccccc1Cl)N1CCOCC1. The number of aryl methyl sites for hydroxylation is 1. The lowest BCUT2D eigenvalue weighted by Crippen LogP contribution is -2.43. The number of carbonyl (C=O) groups is 1. The van der Waals surface area contributed by atoms with Gasteiger partial charge in [0.1, 0.15) is 9.88 Å². The molecule has 1 aliphatic rings. The monoisotopic (exact) mass is 447 g/mol. The van der Waals surface area contributed by atoms with E-state index in [1.807, 2.05) is 48.0 Å². The summed E-state index contributed by atoms with van der Waals surface area (Å²) in [5, 5.41) is 8.77. The number of rotatable bonds is 6. The molecule has 0 bridgehead atoms. The number of nitrogens with zero attached hydrogens (tertiary/aromatic N) is 2. The number of ether oxygens (including phenoxy) is 1. The Kier molecular flexibility index (Phi) is 6.62. The number of morpholine rings is 1. The van der Waals surface area contributed by atoms with Crippen molar-refractivity contribution in [1.29, 1.82) is 0 Å². The van der Waals surface area contributed by atoms with Gasteiger partial charge in [0, 0.05) is 35.6 Å². The highest BCUT2D eigenvalue weighted by Gasteiger charge is 2.26. The minimum absolute atomic E-state index is 0.00104. The largest absolute Gasteiger partial charge is 0.379 e. The van der Waals surface area contributed by atoms with Crippen LogP contribution in [0, 0.1) is 6.92 Å². The number of nitrogens with one attached hydrogen (secondary N) is 1. The van der Waals surface area contributed by atoms with Crippen molar-refractivity contribution in [2.75, 3.05) is 32.8 Å². The maximum atomic E-state index is 12.9. The zero-order chi connectivity index (χ0) is 20.2. The zero-order valence-electron chi connectivity index (χ0n) is 16.1. The van der Waals surface area contributed by atoms with Gasteiger partial charge < -0.3 is 10.1 Å². The normalized spacial score (nSPS) is 15.9. The predicted octanol–water partition coefficient (Wildman–Crippen LogP) is 4.64. The Balaban J connectivity index is 1.51. The van der Waals surface area contributed by atoms with E-state index in [0.29, 0.717) is 29.7 Å². The first-order valence-electron chi connectivity index (χ1n) is 9.48. The highest BCUT2D eigenvalue weighted by molar-refractivity contribution is 7.17. The molecule has 3 aromatic rings. The van der Waals surface area contributed by atoms with E-state index in [1.54, 1.807) is 11.3 Å². The molecule has 1 N–H and O–H groups in total. The van der Waals surface area contributed by atoms with E-state index in [0.717, 1.165) is 34.9 Å². The van der Waals surface area contributed by atoms with E-state index in [-0.39, 0.29) is 11.9 Å². The standard InChI is InChI=1S/C21H22ClN3O2S2/c1-14-19(29-21(24-14)15-6-11-28-13-15)20(26)23-12-18(25-7-9-27-10-8-25)16-4-2-3-5-17(16)22/h2-6,11,13,18H,7-10,12H2,1H3,(H,23,26). The second-order valence-corrected chi connectivity index (χ2v) is 9.03. The van der Waals surface area contributed by atoms with Gasteiger partial charge in [-0.2, -0.15) is 11.3 Å². The van der Waals surface area contributed by atoms with Crippen molar-refractivity contribution in [3.05, 3.63) is 62.2 Å². The molecule has 0 aliphatic carbocycles. The molecule has 4 rings (SSSR count). The number of thiophene rings is 1. The molecular formula is C21H22ClN3O2S2. The summed E-state index contributed by atoms with van der Waals surface area (Å²) in [6.45, 7) is 5.36. The van der Waals surface area contributed by atoms with Crippen molar-refractivity contribution in [3.8, 4) is 10.6 Å². The van der Waals surface area contributed by atoms with Crippen molar-refractivity contribution in [1.82, 2.24) is 15.2 Å². The average Bonchev–Trinajstić information content (AvgIpc) is 3.40. The highest BCUT2D eigenvalue weighted by atomic mass is 35.5. The summed E-state index contributed by atoms with van der Waals surface area (Å²) in [4.78, 5) is 20.5. The molecular weight excluding hydrogens is 426 g/mol. The van der Waals surface area contributed by atoms with Gasteiger partial charge in [-0.25, -0.2) is 4.98 Å². The van der Waals surface area contributed by atoms with Crippen LogP contribution in [0.15, 0.2) is 41.1 Å². The number of amides is 1. The zero-order valence-corrected chi connectivity index (χ0v) is 18.4. The van der Waals surface area contributed by atoms with E-state index in [4.69, 9.17) is 16.3 Å². The lowest BCUT2D eigenvalue weighted by molar-refractivity contribution is 0.0162. The van der Waals surface area contributed by atoms with Crippen LogP contribution in [-0.4, -0.2) is 48.6 Å². The Bertz CT molecular complexity index is 968. The molecule has 0 radical (unpaired) electrons. The van der Waals surface area contributed by atoms with Gasteiger partial charge in [0.05, 0.1) is 24.9 Å². The Hall–Kier alpha value is -1.77. The summed E-state index contributed by atoms with van der Waals surface area (Å²) in [7, 11) is 0. The molecule has 1 aliphatic heterocycles. The maximum Gasteiger partial charge on any atom is 0.263 e. The van der Waals surface area contributed by atoms with Gasteiger partial charge in [-0.1, -0.05) is 29.8 Å². The molecule has 1 atom stereocenters. The van der Waals surface area contributed by atoms with Crippen molar-refractivity contribution < 1.29 is 9.53 Å². The molecule has 2 aromatic heterocycles. The van der Waals surface area contributed by atoms with Crippen LogP contribution in [-0.2, 0) is 4.74 Å². The van der Waals surface area contributed by atoms with Gasteiger partial charge in [-0.3, -0.25) is 9.69 Å². The number of carbonyl (C=O) groups excluding carboxylic acids is 1. The van der Waals surface area contributed by atoms with Crippen LogP contribution in [0.4, 0.5) is 0 Å². The number of thiazole rings is 1. The molecule has 1 unspecified atom stereocenters. The molecule has 1 aromatic carbocycles. The lowest BCUT2D eigenvalue weighted by atomic mass is 10.0. The number of aromatic nitrogens is 1. The lowest BCUT2D eigenvalue weighted by Gasteiger charge is -2.35. The Morgan fingerprint density at radius 1 is 1.31 bits per heavy atom. The molecule has 1 amide bonds. The van der Waals surface area contributed by atoms with Gasteiger partial charge in [0.25, 0.3) is 5.91 Å². The fourth-order valence-corrected chi connectivity index (χ4v) is 5.41. The summed E-state index contributed by atoms with van der Waals surface area (Å²) >= 11 is 9.54. The Labute approximate surface area is 183 Å². The first-order chi connectivity index (χ1) is 14.1. The Morgan fingerprint density at radius 3 is 2.83 bits per heavy atom. The van der Waals surface area contributed by atoms with Crippen LogP contribution < -0.4 is 5.32 Å². The van der Waals surface area contributed by atoms with Crippen molar-refractivity contribution in [3.63, 3.8) is 0 Å². The van der Waals surface area contributed by atoms with Crippen LogP contribution in [0.25, 0.3) is 10.6 Å². The van der Waals surface area contributed by atoms with Gasteiger partial charge >= 0.3 is 0 Å². The third-order valence-corrected chi connectivity index (χ3v) is 7.21. The smallest absolute Gasteiger partial charge is 0.263 e. The highest BCUT2D eigenvalue weighted by Crippen LogP contribution is 2.30. The van der Waals surface area contributed by atoms with Gasteiger partial charge in [-0.15, -0.1) is 11.3 Å². The second-order valence-electron chi connectivity index (χ2n) is 6.84. The first-order valence-corrected chi connectivity index (χ1v) is 11.6. The summed E-state index contributed by atoms with van der Waals surface area (Å²) in [5.41, 5.74) is 2.84. The fraction of sp³-hybridized carbons (Fsp3) is 0.333. The molecule has 8 heteroatoms. The van der Waals surface area contributed by atoms with Crippen LogP contribution in [0.5, 0.6) is 0 Å². The molecule has 1 saturated heterocycles. The molecule has 5 nitrogen and oxygen atoms in total. The first kappa shape index (κ1) is 20.5. The summed E-state index contributed by atoms with van der Waals surface area (Å²) in [6.07, 6.45) is 0. The van der Waals surface area contributed by atoms with Gasteiger partial charge in [-0.05, 0) is 30.0 Å². The van der Waals surface area contributed by atoms with E-state index < -0.39 is 0 Å². The minimum Gasteiger partial charge on any atom is -0.379 e. The third-order valence-electron chi connectivity index (χ3n) is 4.98. The van der Waals surface area contributed by atoms with E-state index in [1.165, 1.54) is 11.3 Å². The molecule has 0 spiro atoms. The fourth-order valence-electron chi connectivity index (χ4n) is 3.46. The summed E-state index contributed by atoms with van der Waals surface area (Å²) < 4.78 is 5.50.